The molecular formula is C24H33N3O2. The normalized spacial score (nSPS) is 15.6. The second-order valence-electron chi connectivity index (χ2n) is 9.15. The number of carbonyl (C=O) groups is 2. The Hall–Kier alpha value is -2.40. The number of ketones is 1. The van der Waals surface area contributed by atoms with Crippen molar-refractivity contribution in [2.45, 2.75) is 47.1 Å². The summed E-state index contributed by atoms with van der Waals surface area (Å²) in [6, 6.07) is 9.73. The van der Waals surface area contributed by atoms with Gasteiger partial charge in [0, 0.05) is 54.2 Å². The number of aryl methyl sites for hydroxylation is 2. The van der Waals surface area contributed by atoms with Crippen molar-refractivity contribution in [1.29, 1.82) is 0 Å². The summed E-state index contributed by atoms with van der Waals surface area (Å²) < 4.78 is 2.23. The van der Waals surface area contributed by atoms with E-state index < -0.39 is 0 Å². The standard InChI is InChI=1S/C24H33N3O2/c1-17-7-9-20(10-8-17)23(29)26-13-11-25(12-14-26)16-22(28)21-15-18(2)27(19(21)3)24(4,5)6/h7-10,15H,11-14,16H2,1-6H3. The zero-order valence-electron chi connectivity index (χ0n) is 18.6. The third-order valence-electron chi connectivity index (χ3n) is 5.73. The molecule has 1 saturated heterocycles. The smallest absolute Gasteiger partial charge is 0.253 e. The Labute approximate surface area is 174 Å². The maximum absolute atomic E-state index is 13.0. The fourth-order valence-corrected chi connectivity index (χ4v) is 4.35. The molecule has 156 valence electrons. The molecule has 5 heteroatoms. The van der Waals surface area contributed by atoms with Crippen LogP contribution in [0.1, 0.15) is 58.4 Å². The van der Waals surface area contributed by atoms with Crippen LogP contribution in [0.4, 0.5) is 0 Å². The van der Waals surface area contributed by atoms with Crippen LogP contribution in [0.5, 0.6) is 0 Å². The number of hydrogen-bond donors (Lipinski definition) is 0. The lowest BCUT2D eigenvalue weighted by molar-refractivity contribution is 0.0624. The number of carbonyl (C=O) groups excluding carboxylic acids is 2. The number of hydrogen-bond acceptors (Lipinski definition) is 3. The average molecular weight is 396 g/mol. The molecule has 0 saturated carbocycles. The highest BCUT2D eigenvalue weighted by atomic mass is 16.2. The van der Waals surface area contributed by atoms with Crippen molar-refractivity contribution < 1.29 is 9.59 Å². The Bertz CT molecular complexity index is 895. The van der Waals surface area contributed by atoms with E-state index in [0.717, 1.165) is 41.2 Å². The van der Waals surface area contributed by atoms with Gasteiger partial charge in [0.2, 0.25) is 0 Å². The van der Waals surface area contributed by atoms with Crippen molar-refractivity contribution in [2.75, 3.05) is 32.7 Å². The van der Waals surface area contributed by atoms with Crippen molar-refractivity contribution in [3.05, 3.63) is 58.4 Å². The Kier molecular flexibility index (Phi) is 5.99. The molecule has 1 fully saturated rings. The molecule has 0 atom stereocenters. The summed E-state index contributed by atoms with van der Waals surface area (Å²) in [5.74, 6) is 0.233. The highest BCUT2D eigenvalue weighted by Crippen LogP contribution is 2.25. The average Bonchev–Trinajstić information content (AvgIpc) is 2.97. The number of Topliss-reactive ketones (excluding diaryl/α,β-unsaturated/α-hetero) is 1. The lowest BCUT2D eigenvalue weighted by atomic mass is 10.1. The van der Waals surface area contributed by atoms with E-state index in [1.54, 1.807) is 0 Å². The minimum atomic E-state index is -0.0470. The van der Waals surface area contributed by atoms with Gasteiger partial charge in [-0.15, -0.1) is 0 Å². The SMILES string of the molecule is Cc1ccc(C(=O)N2CCN(CC(=O)c3cc(C)n(C(C)(C)C)c3C)CC2)cc1. The molecule has 5 nitrogen and oxygen atoms in total. The fraction of sp³-hybridized carbons (Fsp3) is 0.500. The number of amides is 1. The van der Waals surface area contributed by atoms with Crippen LogP contribution in [0.25, 0.3) is 0 Å². The minimum Gasteiger partial charge on any atom is -0.343 e. The summed E-state index contributed by atoms with van der Waals surface area (Å²) in [4.78, 5) is 29.7. The van der Waals surface area contributed by atoms with Gasteiger partial charge in [0.05, 0.1) is 6.54 Å². The predicted molar refractivity (Wildman–Crippen MR) is 117 cm³/mol. The van der Waals surface area contributed by atoms with Crippen LogP contribution in [0, 0.1) is 20.8 Å². The largest absolute Gasteiger partial charge is 0.343 e. The number of piperazine rings is 1. The lowest BCUT2D eigenvalue weighted by Crippen LogP contribution is -2.49. The van der Waals surface area contributed by atoms with Gasteiger partial charge in [-0.1, -0.05) is 17.7 Å². The molecule has 2 aromatic rings. The lowest BCUT2D eigenvalue weighted by Gasteiger charge is -2.34. The highest BCUT2D eigenvalue weighted by molar-refractivity contribution is 5.99. The van der Waals surface area contributed by atoms with Crippen molar-refractivity contribution in [2.24, 2.45) is 0 Å². The number of nitrogens with zero attached hydrogens (tertiary/aromatic N) is 3. The first-order chi connectivity index (χ1) is 13.6. The fourth-order valence-electron chi connectivity index (χ4n) is 4.35. The van der Waals surface area contributed by atoms with E-state index >= 15 is 0 Å². The molecule has 29 heavy (non-hydrogen) atoms. The van der Waals surface area contributed by atoms with Gasteiger partial charge in [0.15, 0.2) is 5.78 Å². The maximum Gasteiger partial charge on any atom is 0.253 e. The molecule has 1 aromatic heterocycles. The minimum absolute atomic E-state index is 0.0470. The molecule has 0 radical (unpaired) electrons. The van der Waals surface area contributed by atoms with Crippen molar-refractivity contribution in [3.8, 4) is 0 Å². The molecular weight excluding hydrogens is 362 g/mol. The van der Waals surface area contributed by atoms with Crippen LogP contribution in [-0.4, -0.2) is 58.8 Å². The summed E-state index contributed by atoms with van der Waals surface area (Å²) in [5.41, 5.74) is 4.80. The van der Waals surface area contributed by atoms with Crippen LogP contribution in [0.3, 0.4) is 0 Å². The Morgan fingerprint density at radius 1 is 0.931 bits per heavy atom. The van der Waals surface area contributed by atoms with Gasteiger partial charge in [-0.3, -0.25) is 14.5 Å². The molecule has 1 aliphatic rings. The molecule has 1 amide bonds. The van der Waals surface area contributed by atoms with Crippen molar-refractivity contribution in [3.63, 3.8) is 0 Å². The summed E-state index contributed by atoms with van der Waals surface area (Å²) >= 11 is 0. The van der Waals surface area contributed by atoms with Gasteiger partial charge >= 0.3 is 0 Å². The third kappa shape index (κ3) is 4.61. The molecule has 1 aromatic carbocycles. The van der Waals surface area contributed by atoms with Gasteiger partial charge in [-0.05, 0) is 59.7 Å². The van der Waals surface area contributed by atoms with Gasteiger partial charge in [0.1, 0.15) is 0 Å². The van der Waals surface area contributed by atoms with E-state index in [9.17, 15) is 9.59 Å². The van der Waals surface area contributed by atoms with E-state index in [-0.39, 0.29) is 17.2 Å². The first-order valence-electron chi connectivity index (χ1n) is 10.4. The summed E-state index contributed by atoms with van der Waals surface area (Å²) in [5, 5.41) is 0. The topological polar surface area (TPSA) is 45.6 Å². The summed E-state index contributed by atoms with van der Waals surface area (Å²) in [6.45, 7) is 15.7. The number of rotatable bonds is 4. The number of aromatic nitrogens is 1. The van der Waals surface area contributed by atoms with Crippen LogP contribution >= 0.6 is 0 Å². The maximum atomic E-state index is 13.0. The molecule has 0 spiro atoms. The Morgan fingerprint density at radius 2 is 1.52 bits per heavy atom. The number of benzene rings is 1. The van der Waals surface area contributed by atoms with E-state index in [1.165, 1.54) is 0 Å². The Balaban J connectivity index is 1.60. The van der Waals surface area contributed by atoms with Crippen LogP contribution in [0.15, 0.2) is 30.3 Å². The van der Waals surface area contributed by atoms with Gasteiger partial charge in [0.25, 0.3) is 5.91 Å². The zero-order chi connectivity index (χ0) is 21.3. The quantitative estimate of drug-likeness (QED) is 0.740. The van der Waals surface area contributed by atoms with E-state index in [0.29, 0.717) is 19.6 Å². The van der Waals surface area contributed by atoms with Crippen molar-refractivity contribution >= 4 is 11.7 Å². The molecule has 0 aliphatic carbocycles. The monoisotopic (exact) mass is 395 g/mol. The molecule has 3 rings (SSSR count). The molecule has 2 heterocycles. The van der Waals surface area contributed by atoms with Crippen LogP contribution < -0.4 is 0 Å². The summed E-state index contributed by atoms with van der Waals surface area (Å²) in [7, 11) is 0. The Morgan fingerprint density at radius 3 is 2.03 bits per heavy atom. The van der Waals surface area contributed by atoms with Gasteiger partial charge in [-0.25, -0.2) is 0 Å². The molecule has 0 bridgehead atoms. The second-order valence-corrected chi connectivity index (χ2v) is 9.15. The predicted octanol–water partition coefficient (Wildman–Crippen LogP) is 3.81. The van der Waals surface area contributed by atoms with Crippen LogP contribution in [0.2, 0.25) is 0 Å². The van der Waals surface area contributed by atoms with E-state index in [4.69, 9.17) is 0 Å². The van der Waals surface area contributed by atoms with Gasteiger partial charge < -0.3 is 9.47 Å². The molecule has 0 unspecified atom stereocenters. The first-order valence-corrected chi connectivity index (χ1v) is 10.4. The summed E-state index contributed by atoms with van der Waals surface area (Å²) in [6.07, 6.45) is 0. The zero-order valence-corrected chi connectivity index (χ0v) is 18.6. The first kappa shape index (κ1) is 21.3. The molecule has 0 N–H and O–H groups in total. The molecule has 1 aliphatic heterocycles. The highest BCUT2D eigenvalue weighted by Gasteiger charge is 2.26. The van der Waals surface area contributed by atoms with E-state index in [1.807, 2.05) is 49.1 Å². The second kappa shape index (κ2) is 8.15. The van der Waals surface area contributed by atoms with E-state index in [2.05, 4.69) is 37.2 Å². The van der Waals surface area contributed by atoms with Crippen molar-refractivity contribution in [1.82, 2.24) is 14.4 Å². The third-order valence-corrected chi connectivity index (χ3v) is 5.73. The van der Waals surface area contributed by atoms with Crippen LogP contribution in [-0.2, 0) is 5.54 Å². The van der Waals surface area contributed by atoms with Gasteiger partial charge in [-0.2, -0.15) is 0 Å².